The third-order valence-electron chi connectivity index (χ3n) is 4.05. The molecule has 0 saturated carbocycles. The third kappa shape index (κ3) is 3.37. The molecule has 6 nitrogen and oxygen atoms in total. The van der Waals surface area contributed by atoms with E-state index < -0.39 is 0 Å². The van der Waals surface area contributed by atoms with Crippen molar-refractivity contribution in [3.8, 4) is 17.0 Å². The fraction of sp³-hybridized carbons (Fsp3) is 0.278. The van der Waals surface area contributed by atoms with Crippen LogP contribution in [-0.2, 0) is 6.54 Å². The van der Waals surface area contributed by atoms with Crippen LogP contribution in [0.1, 0.15) is 11.4 Å². The number of benzene rings is 1. The van der Waals surface area contributed by atoms with Gasteiger partial charge in [-0.05, 0) is 38.1 Å². The Kier molecular flexibility index (Phi) is 4.74. The summed E-state index contributed by atoms with van der Waals surface area (Å²) < 4.78 is 7.49. The summed E-state index contributed by atoms with van der Waals surface area (Å²) in [5, 5.41) is 11.8. The quantitative estimate of drug-likeness (QED) is 0.755. The highest BCUT2D eigenvalue weighted by atomic mass is 16.5. The van der Waals surface area contributed by atoms with E-state index >= 15 is 0 Å². The lowest BCUT2D eigenvalue weighted by Crippen LogP contribution is -2.12. The van der Waals surface area contributed by atoms with Crippen LogP contribution in [0.4, 0.5) is 5.82 Å². The lowest BCUT2D eigenvalue weighted by molar-refractivity contribution is 0.416. The molecule has 6 heteroatoms. The van der Waals surface area contributed by atoms with Gasteiger partial charge < -0.3 is 14.6 Å². The molecule has 3 aromatic rings. The highest BCUT2D eigenvalue weighted by molar-refractivity contribution is 5.67. The standard InChI is InChI=1S/C18H21N5O/c1-13-14(2)23(12-20-13)11-10-19-18-9-8-16(21-22-18)15-6-4-5-7-17(15)24-3/h4-9,12H,10-11H2,1-3H3,(H,19,22). The predicted octanol–water partition coefficient (Wildman–Crippen LogP) is 3.08. The van der Waals surface area contributed by atoms with Crippen LogP contribution in [0.5, 0.6) is 5.75 Å². The van der Waals surface area contributed by atoms with Crippen molar-refractivity contribution < 1.29 is 4.74 Å². The molecular formula is C18H21N5O. The van der Waals surface area contributed by atoms with Crippen LogP contribution in [0.2, 0.25) is 0 Å². The molecule has 2 aromatic heterocycles. The molecule has 3 rings (SSSR count). The van der Waals surface area contributed by atoms with Crippen molar-refractivity contribution in [3.05, 3.63) is 54.1 Å². The number of anilines is 1. The van der Waals surface area contributed by atoms with Gasteiger partial charge in [-0.25, -0.2) is 4.98 Å². The zero-order chi connectivity index (χ0) is 16.9. The number of nitrogens with zero attached hydrogens (tertiary/aromatic N) is 4. The lowest BCUT2D eigenvalue weighted by atomic mass is 10.1. The number of rotatable bonds is 6. The van der Waals surface area contributed by atoms with E-state index in [1.165, 1.54) is 5.69 Å². The molecule has 0 atom stereocenters. The smallest absolute Gasteiger partial charge is 0.148 e. The molecular weight excluding hydrogens is 302 g/mol. The van der Waals surface area contributed by atoms with Gasteiger partial charge in [-0.3, -0.25) is 0 Å². The van der Waals surface area contributed by atoms with Crippen molar-refractivity contribution >= 4 is 5.82 Å². The number of nitrogens with one attached hydrogen (secondary N) is 1. The molecule has 0 aliphatic rings. The Bertz CT molecular complexity index is 811. The summed E-state index contributed by atoms with van der Waals surface area (Å²) in [5.41, 5.74) is 3.98. The van der Waals surface area contributed by atoms with Gasteiger partial charge in [-0.15, -0.1) is 10.2 Å². The predicted molar refractivity (Wildman–Crippen MR) is 94.2 cm³/mol. The Hall–Kier alpha value is -2.89. The van der Waals surface area contributed by atoms with Crippen LogP contribution in [0.3, 0.4) is 0 Å². The highest BCUT2D eigenvalue weighted by Gasteiger charge is 2.07. The van der Waals surface area contributed by atoms with Gasteiger partial charge in [0.25, 0.3) is 0 Å². The Labute approximate surface area is 141 Å². The van der Waals surface area contributed by atoms with Gasteiger partial charge in [0, 0.05) is 24.3 Å². The van der Waals surface area contributed by atoms with E-state index in [9.17, 15) is 0 Å². The van der Waals surface area contributed by atoms with Crippen molar-refractivity contribution in [2.75, 3.05) is 19.0 Å². The van der Waals surface area contributed by atoms with Crippen LogP contribution < -0.4 is 10.1 Å². The van der Waals surface area contributed by atoms with E-state index in [4.69, 9.17) is 4.74 Å². The average Bonchev–Trinajstić information content (AvgIpc) is 2.94. The zero-order valence-electron chi connectivity index (χ0n) is 14.2. The molecule has 0 unspecified atom stereocenters. The van der Waals surface area contributed by atoms with Crippen LogP contribution in [0.15, 0.2) is 42.7 Å². The van der Waals surface area contributed by atoms with E-state index in [0.717, 1.165) is 41.6 Å². The molecule has 0 fully saturated rings. The first kappa shape index (κ1) is 16.0. The molecule has 24 heavy (non-hydrogen) atoms. The van der Waals surface area contributed by atoms with Crippen molar-refractivity contribution in [2.45, 2.75) is 20.4 Å². The first-order valence-corrected chi connectivity index (χ1v) is 7.88. The number of para-hydroxylation sites is 1. The number of aryl methyl sites for hydroxylation is 1. The van der Waals surface area contributed by atoms with Gasteiger partial charge >= 0.3 is 0 Å². The van der Waals surface area contributed by atoms with Gasteiger partial charge in [-0.1, -0.05) is 12.1 Å². The maximum atomic E-state index is 5.36. The first-order valence-electron chi connectivity index (χ1n) is 7.88. The number of hydrogen-bond acceptors (Lipinski definition) is 5. The minimum Gasteiger partial charge on any atom is -0.496 e. The number of aromatic nitrogens is 4. The van der Waals surface area contributed by atoms with E-state index in [-0.39, 0.29) is 0 Å². The van der Waals surface area contributed by atoms with Crippen LogP contribution in [0, 0.1) is 13.8 Å². The van der Waals surface area contributed by atoms with Crippen molar-refractivity contribution in [2.24, 2.45) is 0 Å². The van der Waals surface area contributed by atoms with Crippen LogP contribution >= 0.6 is 0 Å². The van der Waals surface area contributed by atoms with E-state index in [2.05, 4.69) is 32.0 Å². The fourth-order valence-electron chi connectivity index (χ4n) is 2.50. The molecule has 124 valence electrons. The fourth-order valence-corrected chi connectivity index (χ4v) is 2.50. The second-order valence-electron chi connectivity index (χ2n) is 5.54. The Balaban J connectivity index is 1.63. The largest absolute Gasteiger partial charge is 0.496 e. The minimum absolute atomic E-state index is 0.753. The van der Waals surface area contributed by atoms with Crippen LogP contribution in [0.25, 0.3) is 11.3 Å². The summed E-state index contributed by atoms with van der Waals surface area (Å²) in [5.74, 6) is 1.54. The molecule has 0 spiro atoms. The van der Waals surface area contributed by atoms with Crippen molar-refractivity contribution in [3.63, 3.8) is 0 Å². The topological polar surface area (TPSA) is 64.9 Å². The summed E-state index contributed by atoms with van der Waals surface area (Å²) in [6.45, 7) is 5.69. The molecule has 0 saturated heterocycles. The molecule has 0 amide bonds. The zero-order valence-corrected chi connectivity index (χ0v) is 14.2. The third-order valence-corrected chi connectivity index (χ3v) is 4.05. The first-order chi connectivity index (χ1) is 11.7. The Morgan fingerprint density at radius 3 is 2.58 bits per heavy atom. The maximum Gasteiger partial charge on any atom is 0.148 e. The van der Waals surface area contributed by atoms with Crippen molar-refractivity contribution in [1.29, 1.82) is 0 Å². The second-order valence-corrected chi connectivity index (χ2v) is 5.54. The molecule has 2 heterocycles. The van der Waals surface area contributed by atoms with Gasteiger partial charge in [0.2, 0.25) is 0 Å². The van der Waals surface area contributed by atoms with Crippen LogP contribution in [-0.4, -0.2) is 33.4 Å². The molecule has 0 bridgehead atoms. The number of imidazole rings is 1. The Morgan fingerprint density at radius 1 is 1.08 bits per heavy atom. The second kappa shape index (κ2) is 7.12. The molecule has 1 N–H and O–H groups in total. The van der Waals surface area contributed by atoms with Gasteiger partial charge in [0.1, 0.15) is 11.6 Å². The molecule has 0 radical (unpaired) electrons. The average molecular weight is 323 g/mol. The molecule has 0 aliphatic heterocycles. The highest BCUT2D eigenvalue weighted by Crippen LogP contribution is 2.27. The molecule has 0 aliphatic carbocycles. The number of hydrogen-bond donors (Lipinski definition) is 1. The maximum absolute atomic E-state index is 5.36. The number of methoxy groups -OCH3 is 1. The summed E-state index contributed by atoms with van der Waals surface area (Å²) >= 11 is 0. The molecule has 1 aromatic carbocycles. The van der Waals surface area contributed by atoms with E-state index in [1.807, 2.05) is 49.6 Å². The summed E-state index contributed by atoms with van der Waals surface area (Å²) in [7, 11) is 1.65. The van der Waals surface area contributed by atoms with E-state index in [1.54, 1.807) is 7.11 Å². The summed E-state index contributed by atoms with van der Waals surface area (Å²) in [6.07, 6.45) is 1.86. The summed E-state index contributed by atoms with van der Waals surface area (Å²) in [6, 6.07) is 11.7. The SMILES string of the molecule is COc1ccccc1-c1ccc(NCCn2cnc(C)c2C)nn1. The van der Waals surface area contributed by atoms with Gasteiger partial charge in [-0.2, -0.15) is 0 Å². The van der Waals surface area contributed by atoms with Crippen molar-refractivity contribution in [1.82, 2.24) is 19.7 Å². The van der Waals surface area contributed by atoms with Gasteiger partial charge in [0.15, 0.2) is 0 Å². The summed E-state index contributed by atoms with van der Waals surface area (Å²) in [4.78, 5) is 4.30. The number of ether oxygens (including phenoxy) is 1. The Morgan fingerprint density at radius 2 is 1.92 bits per heavy atom. The minimum atomic E-state index is 0.753. The normalized spacial score (nSPS) is 10.6. The van der Waals surface area contributed by atoms with E-state index in [0.29, 0.717) is 0 Å². The van der Waals surface area contributed by atoms with Gasteiger partial charge in [0.05, 0.1) is 24.8 Å². The monoisotopic (exact) mass is 323 g/mol. The lowest BCUT2D eigenvalue weighted by Gasteiger charge is -2.09.